The van der Waals surface area contributed by atoms with E-state index in [-0.39, 0.29) is 12.1 Å². The van der Waals surface area contributed by atoms with Gasteiger partial charge in [0.1, 0.15) is 0 Å². The average molecular weight is 202 g/mol. The topological polar surface area (TPSA) is 43.8 Å². The first-order valence-electron chi connectivity index (χ1n) is 4.16. The number of hydrogen-bond donors (Lipinski definition) is 1. The Kier molecular flexibility index (Phi) is 2.87. The molecule has 0 saturated carbocycles. The second-order valence-electron chi connectivity index (χ2n) is 3.36. The van der Waals surface area contributed by atoms with Crippen LogP contribution in [0, 0.1) is 0 Å². The number of aliphatic hydroxyl groups is 1. The predicted molar refractivity (Wildman–Crippen MR) is 53.6 cm³/mol. The highest BCUT2D eigenvalue weighted by atomic mass is 32.1. The number of urea groups is 1. The summed E-state index contributed by atoms with van der Waals surface area (Å²) in [5.74, 6) is 0. The molecule has 2 unspecified atom stereocenters. The zero-order valence-electron chi connectivity index (χ0n) is 8.02. The highest BCUT2D eigenvalue weighted by Gasteiger charge is 2.34. The molecule has 1 heterocycles. The van der Waals surface area contributed by atoms with Crippen molar-refractivity contribution >= 4 is 23.2 Å². The third kappa shape index (κ3) is 1.81. The first kappa shape index (κ1) is 10.4. The highest BCUT2D eigenvalue weighted by molar-refractivity contribution is 7.80. The fourth-order valence-corrected chi connectivity index (χ4v) is 1.68. The highest BCUT2D eigenvalue weighted by Crippen LogP contribution is 2.17. The first-order valence-corrected chi connectivity index (χ1v) is 4.57. The van der Waals surface area contributed by atoms with E-state index >= 15 is 0 Å². The Hall–Kier alpha value is -0.680. The van der Waals surface area contributed by atoms with Gasteiger partial charge in [0.2, 0.25) is 0 Å². The summed E-state index contributed by atoms with van der Waals surface area (Å²) in [6.07, 6.45) is 0.0201. The molecule has 1 N–H and O–H groups in total. The van der Waals surface area contributed by atoms with Crippen LogP contribution in [0.1, 0.15) is 13.3 Å². The molecule has 1 saturated heterocycles. The predicted octanol–water partition coefficient (Wildman–Crippen LogP) is 0.450. The standard InChI is InChI=1S/C8H14N2O2S/c1-5(11)6-4-7(13)10(3)8(12)9(6)2/h5-6,11H,4H2,1-3H3. The first-order chi connectivity index (χ1) is 5.95. The molecule has 1 fully saturated rings. The van der Waals surface area contributed by atoms with Crippen molar-refractivity contribution < 1.29 is 9.90 Å². The van der Waals surface area contributed by atoms with Crippen molar-refractivity contribution in [3.05, 3.63) is 0 Å². The number of nitrogens with zero attached hydrogens (tertiary/aromatic N) is 2. The van der Waals surface area contributed by atoms with Gasteiger partial charge in [-0.3, -0.25) is 4.90 Å². The second-order valence-corrected chi connectivity index (χ2v) is 3.83. The van der Waals surface area contributed by atoms with Crippen molar-refractivity contribution in [2.75, 3.05) is 14.1 Å². The van der Waals surface area contributed by atoms with E-state index in [1.165, 1.54) is 9.80 Å². The summed E-state index contributed by atoms with van der Waals surface area (Å²) in [4.78, 5) is 15.1. The average Bonchev–Trinajstić information content (AvgIpc) is 2.07. The van der Waals surface area contributed by atoms with E-state index in [4.69, 9.17) is 12.2 Å². The minimum absolute atomic E-state index is 0.151. The quantitative estimate of drug-likeness (QED) is 0.628. The number of aliphatic hydroxyl groups excluding tert-OH is 1. The van der Waals surface area contributed by atoms with Gasteiger partial charge in [0.05, 0.1) is 17.1 Å². The summed E-state index contributed by atoms with van der Waals surface area (Å²) < 4.78 is 0. The van der Waals surface area contributed by atoms with E-state index in [2.05, 4.69) is 0 Å². The van der Waals surface area contributed by atoms with E-state index < -0.39 is 6.10 Å². The van der Waals surface area contributed by atoms with Crippen LogP contribution in [-0.2, 0) is 0 Å². The smallest absolute Gasteiger partial charge is 0.324 e. The third-order valence-electron chi connectivity index (χ3n) is 2.40. The van der Waals surface area contributed by atoms with E-state index in [1.54, 1.807) is 21.0 Å². The van der Waals surface area contributed by atoms with Gasteiger partial charge in [0, 0.05) is 20.5 Å². The molecule has 1 aliphatic rings. The van der Waals surface area contributed by atoms with E-state index in [0.29, 0.717) is 11.4 Å². The maximum Gasteiger partial charge on any atom is 0.324 e. The van der Waals surface area contributed by atoms with Crippen molar-refractivity contribution in [2.24, 2.45) is 0 Å². The van der Waals surface area contributed by atoms with E-state index in [9.17, 15) is 9.90 Å². The van der Waals surface area contributed by atoms with Crippen molar-refractivity contribution in [2.45, 2.75) is 25.5 Å². The lowest BCUT2D eigenvalue weighted by Gasteiger charge is -2.39. The monoisotopic (exact) mass is 202 g/mol. The van der Waals surface area contributed by atoms with Gasteiger partial charge in [-0.15, -0.1) is 0 Å². The maximum atomic E-state index is 11.5. The molecular formula is C8H14N2O2S. The van der Waals surface area contributed by atoms with Crippen molar-refractivity contribution in [3.63, 3.8) is 0 Å². The summed E-state index contributed by atoms with van der Waals surface area (Å²) in [6.45, 7) is 1.67. The summed E-state index contributed by atoms with van der Waals surface area (Å²) in [7, 11) is 3.33. The number of amides is 2. The fourth-order valence-electron chi connectivity index (χ4n) is 1.43. The van der Waals surface area contributed by atoms with Crippen LogP contribution in [0.5, 0.6) is 0 Å². The zero-order chi connectivity index (χ0) is 10.2. The molecule has 0 spiro atoms. The maximum absolute atomic E-state index is 11.5. The normalized spacial score (nSPS) is 26.6. The van der Waals surface area contributed by atoms with Gasteiger partial charge in [0.15, 0.2) is 0 Å². The lowest BCUT2D eigenvalue weighted by molar-refractivity contribution is 0.0780. The van der Waals surface area contributed by atoms with Gasteiger partial charge in [-0.2, -0.15) is 0 Å². The second kappa shape index (κ2) is 3.59. The lowest BCUT2D eigenvalue weighted by Crippen LogP contribution is -2.56. The number of likely N-dealkylation sites (N-methyl/N-ethyl adjacent to an activating group) is 1. The number of carbonyl (C=O) groups excluding carboxylic acids is 1. The molecule has 0 aromatic heterocycles. The van der Waals surface area contributed by atoms with Crippen LogP contribution in [0.3, 0.4) is 0 Å². The Balaban J connectivity index is 2.82. The van der Waals surface area contributed by atoms with Gasteiger partial charge in [-0.1, -0.05) is 12.2 Å². The van der Waals surface area contributed by atoms with Gasteiger partial charge in [-0.25, -0.2) is 4.79 Å². The number of hydrogen-bond acceptors (Lipinski definition) is 3. The van der Waals surface area contributed by atoms with Crippen LogP contribution in [0.25, 0.3) is 0 Å². The summed E-state index contributed by atoms with van der Waals surface area (Å²) >= 11 is 5.02. The molecule has 2 atom stereocenters. The Bertz CT molecular complexity index is 242. The van der Waals surface area contributed by atoms with Crippen LogP contribution in [-0.4, -0.2) is 52.2 Å². The number of carbonyl (C=O) groups is 1. The zero-order valence-corrected chi connectivity index (χ0v) is 8.84. The SMILES string of the molecule is CC(O)C1CC(=S)N(C)C(=O)N1C. The molecule has 0 radical (unpaired) electrons. The third-order valence-corrected chi connectivity index (χ3v) is 2.84. The number of rotatable bonds is 1. The van der Waals surface area contributed by atoms with Crippen LogP contribution in [0.15, 0.2) is 0 Å². The summed E-state index contributed by atoms with van der Waals surface area (Å²) in [5, 5.41) is 9.40. The van der Waals surface area contributed by atoms with Gasteiger partial charge < -0.3 is 10.0 Å². The van der Waals surface area contributed by atoms with Crippen LogP contribution < -0.4 is 0 Å². The Morgan fingerprint density at radius 1 is 1.62 bits per heavy atom. The molecule has 13 heavy (non-hydrogen) atoms. The summed E-state index contributed by atoms with van der Waals surface area (Å²) in [5.41, 5.74) is 0. The summed E-state index contributed by atoms with van der Waals surface area (Å²) in [6, 6.07) is -0.335. The molecular weight excluding hydrogens is 188 g/mol. The molecule has 0 bridgehead atoms. The minimum atomic E-state index is -0.541. The molecule has 2 amide bonds. The van der Waals surface area contributed by atoms with Crippen LogP contribution in [0.4, 0.5) is 4.79 Å². The molecule has 1 rings (SSSR count). The van der Waals surface area contributed by atoms with Gasteiger partial charge in [0.25, 0.3) is 0 Å². The lowest BCUT2D eigenvalue weighted by atomic mass is 10.1. The molecule has 0 aromatic rings. The van der Waals surface area contributed by atoms with E-state index in [1.807, 2.05) is 0 Å². The Morgan fingerprint density at radius 3 is 2.62 bits per heavy atom. The van der Waals surface area contributed by atoms with E-state index in [0.717, 1.165) is 0 Å². The van der Waals surface area contributed by atoms with Crippen LogP contribution >= 0.6 is 12.2 Å². The molecule has 74 valence electrons. The fraction of sp³-hybridized carbons (Fsp3) is 0.750. The van der Waals surface area contributed by atoms with Crippen LogP contribution in [0.2, 0.25) is 0 Å². The van der Waals surface area contributed by atoms with Gasteiger partial charge in [-0.05, 0) is 6.92 Å². The Labute approximate surface area is 83.1 Å². The number of thiocarbonyl (C=S) groups is 1. The Morgan fingerprint density at radius 2 is 2.15 bits per heavy atom. The molecule has 5 heteroatoms. The van der Waals surface area contributed by atoms with Crippen molar-refractivity contribution in [1.82, 2.24) is 9.80 Å². The molecule has 0 aliphatic carbocycles. The van der Waals surface area contributed by atoms with Crippen molar-refractivity contribution in [1.29, 1.82) is 0 Å². The van der Waals surface area contributed by atoms with Gasteiger partial charge >= 0.3 is 6.03 Å². The molecule has 4 nitrogen and oxygen atoms in total. The van der Waals surface area contributed by atoms with Crippen molar-refractivity contribution in [3.8, 4) is 0 Å². The minimum Gasteiger partial charge on any atom is -0.391 e. The molecule has 1 aliphatic heterocycles. The molecule has 0 aromatic carbocycles. The largest absolute Gasteiger partial charge is 0.391 e.